The van der Waals surface area contributed by atoms with Gasteiger partial charge in [-0.3, -0.25) is 4.79 Å². The number of amides is 1. The van der Waals surface area contributed by atoms with Gasteiger partial charge in [0.1, 0.15) is 11.6 Å². The molecule has 0 bridgehead atoms. The molecule has 31 heavy (non-hydrogen) atoms. The monoisotopic (exact) mass is 477 g/mol. The lowest BCUT2D eigenvalue weighted by Crippen LogP contribution is -2.52. The van der Waals surface area contributed by atoms with E-state index in [1.807, 2.05) is 12.1 Å². The van der Waals surface area contributed by atoms with Crippen LogP contribution in [0.25, 0.3) is 0 Å². The fourth-order valence-electron chi connectivity index (χ4n) is 3.16. The Hall–Kier alpha value is -1.77. The van der Waals surface area contributed by atoms with Crippen molar-refractivity contribution in [2.75, 3.05) is 6.54 Å². The standard InChI is InChI=1S/C22H29F2N3O2.2ClH/c1-3-15-5-4-6-16(7-15)12-26-13-21(28)20(27-14(2)22(25)29)10-17-8-18(23)11-19(24)9-17;;/h4-9,11,14,20-21,26-28H,3,10,12-13H2,1-2H3,(H2,25,29);2*1H/t14-,20-,21+;;/m0../s1. The molecule has 174 valence electrons. The van der Waals surface area contributed by atoms with Crippen LogP contribution >= 0.6 is 24.8 Å². The van der Waals surface area contributed by atoms with Crippen molar-refractivity contribution in [3.63, 3.8) is 0 Å². The van der Waals surface area contributed by atoms with Crippen LogP contribution in [-0.4, -0.2) is 35.7 Å². The van der Waals surface area contributed by atoms with E-state index in [9.17, 15) is 18.7 Å². The summed E-state index contributed by atoms with van der Waals surface area (Å²) in [6.45, 7) is 4.47. The molecule has 0 spiro atoms. The summed E-state index contributed by atoms with van der Waals surface area (Å²) < 4.78 is 27.0. The van der Waals surface area contributed by atoms with Crippen molar-refractivity contribution in [3.05, 3.63) is 70.8 Å². The van der Waals surface area contributed by atoms with Crippen LogP contribution < -0.4 is 16.4 Å². The molecule has 0 unspecified atom stereocenters. The van der Waals surface area contributed by atoms with Gasteiger partial charge in [-0.15, -0.1) is 24.8 Å². The molecule has 2 aromatic carbocycles. The molecule has 9 heteroatoms. The van der Waals surface area contributed by atoms with Gasteiger partial charge >= 0.3 is 0 Å². The van der Waals surface area contributed by atoms with Crippen LogP contribution in [0.5, 0.6) is 0 Å². The molecule has 0 aromatic heterocycles. The second-order valence-electron chi connectivity index (χ2n) is 7.25. The first-order valence-electron chi connectivity index (χ1n) is 9.75. The summed E-state index contributed by atoms with van der Waals surface area (Å²) in [4.78, 5) is 11.4. The van der Waals surface area contributed by atoms with Gasteiger partial charge in [-0.05, 0) is 48.6 Å². The van der Waals surface area contributed by atoms with Crippen molar-refractivity contribution in [3.8, 4) is 0 Å². The molecule has 0 aliphatic carbocycles. The van der Waals surface area contributed by atoms with Gasteiger partial charge in [-0.2, -0.15) is 0 Å². The maximum atomic E-state index is 13.5. The summed E-state index contributed by atoms with van der Waals surface area (Å²) in [5.74, 6) is -1.95. The topological polar surface area (TPSA) is 87.4 Å². The number of rotatable bonds is 11. The summed E-state index contributed by atoms with van der Waals surface area (Å²) in [6, 6.07) is 10.0. The number of carbonyl (C=O) groups is 1. The Labute approximate surface area is 194 Å². The second-order valence-corrected chi connectivity index (χ2v) is 7.25. The zero-order valence-corrected chi connectivity index (χ0v) is 19.2. The number of nitrogens with two attached hydrogens (primary N) is 1. The van der Waals surface area contributed by atoms with E-state index >= 15 is 0 Å². The third kappa shape index (κ3) is 9.93. The molecule has 5 N–H and O–H groups in total. The molecule has 0 saturated carbocycles. The van der Waals surface area contributed by atoms with E-state index in [4.69, 9.17) is 5.73 Å². The molecule has 0 saturated heterocycles. The van der Waals surface area contributed by atoms with Crippen LogP contribution in [0.4, 0.5) is 8.78 Å². The maximum Gasteiger partial charge on any atom is 0.234 e. The van der Waals surface area contributed by atoms with E-state index in [2.05, 4.69) is 29.7 Å². The molecule has 0 aliphatic heterocycles. The average molecular weight is 478 g/mol. The van der Waals surface area contributed by atoms with Crippen molar-refractivity contribution < 1.29 is 18.7 Å². The number of aryl methyl sites for hydroxylation is 1. The van der Waals surface area contributed by atoms with Gasteiger partial charge in [-0.1, -0.05) is 31.2 Å². The minimum absolute atomic E-state index is 0. The highest BCUT2D eigenvalue weighted by molar-refractivity contribution is 5.85. The SMILES string of the molecule is CCc1cccc(CNC[C@@H](O)[C@H](Cc2cc(F)cc(F)c2)N[C@@H](C)C(N)=O)c1.Cl.Cl. The number of aliphatic hydroxyl groups is 1. The number of benzene rings is 2. The Bertz CT molecular complexity index is 807. The predicted octanol–water partition coefficient (Wildman–Crippen LogP) is 2.90. The third-order valence-electron chi connectivity index (χ3n) is 4.82. The Kier molecular flexibility index (Phi) is 13.5. The van der Waals surface area contributed by atoms with Gasteiger partial charge in [0, 0.05) is 25.2 Å². The number of nitrogens with one attached hydrogen (secondary N) is 2. The molecular formula is C22H31Cl2F2N3O2. The predicted molar refractivity (Wildman–Crippen MR) is 124 cm³/mol. The van der Waals surface area contributed by atoms with E-state index < -0.39 is 35.7 Å². The molecule has 2 rings (SSSR count). The zero-order valence-electron chi connectivity index (χ0n) is 17.6. The van der Waals surface area contributed by atoms with Gasteiger partial charge < -0.3 is 21.5 Å². The normalized spacial score (nSPS) is 13.5. The number of hydrogen-bond donors (Lipinski definition) is 4. The van der Waals surface area contributed by atoms with Gasteiger partial charge in [-0.25, -0.2) is 8.78 Å². The van der Waals surface area contributed by atoms with Crippen LogP contribution in [0.3, 0.4) is 0 Å². The molecule has 3 atom stereocenters. The smallest absolute Gasteiger partial charge is 0.234 e. The second kappa shape index (κ2) is 14.3. The first kappa shape index (κ1) is 29.2. The number of carbonyl (C=O) groups excluding carboxylic acids is 1. The minimum atomic E-state index is -0.905. The Morgan fingerprint density at radius 3 is 2.26 bits per heavy atom. The van der Waals surface area contributed by atoms with Gasteiger partial charge in [0.15, 0.2) is 0 Å². The van der Waals surface area contributed by atoms with E-state index in [0.29, 0.717) is 12.1 Å². The van der Waals surface area contributed by atoms with Crippen LogP contribution in [0, 0.1) is 11.6 Å². The molecule has 1 amide bonds. The van der Waals surface area contributed by atoms with Crippen molar-refractivity contribution in [2.45, 2.75) is 51.4 Å². The Morgan fingerprint density at radius 2 is 1.68 bits per heavy atom. The van der Waals surface area contributed by atoms with Crippen molar-refractivity contribution >= 4 is 30.7 Å². The number of aliphatic hydroxyl groups excluding tert-OH is 1. The van der Waals surface area contributed by atoms with E-state index in [1.165, 1.54) is 17.7 Å². The maximum absolute atomic E-state index is 13.5. The van der Waals surface area contributed by atoms with Crippen molar-refractivity contribution in [1.29, 1.82) is 0 Å². The Morgan fingerprint density at radius 1 is 1.06 bits per heavy atom. The fourth-order valence-corrected chi connectivity index (χ4v) is 3.16. The van der Waals surface area contributed by atoms with Crippen LogP contribution in [-0.2, 0) is 24.2 Å². The fraction of sp³-hybridized carbons (Fsp3) is 0.409. The van der Waals surface area contributed by atoms with E-state index in [1.54, 1.807) is 6.92 Å². The van der Waals surface area contributed by atoms with Gasteiger partial charge in [0.2, 0.25) is 5.91 Å². The number of halogens is 4. The van der Waals surface area contributed by atoms with Crippen LogP contribution in [0.1, 0.15) is 30.5 Å². The summed E-state index contributed by atoms with van der Waals surface area (Å²) >= 11 is 0. The van der Waals surface area contributed by atoms with Crippen LogP contribution in [0.2, 0.25) is 0 Å². The highest BCUT2D eigenvalue weighted by Gasteiger charge is 2.23. The first-order valence-corrected chi connectivity index (χ1v) is 9.75. The molecule has 0 aliphatic rings. The van der Waals surface area contributed by atoms with Crippen LogP contribution in [0.15, 0.2) is 42.5 Å². The number of hydrogen-bond acceptors (Lipinski definition) is 4. The molecular weight excluding hydrogens is 447 g/mol. The highest BCUT2D eigenvalue weighted by atomic mass is 35.5. The largest absolute Gasteiger partial charge is 0.390 e. The van der Waals surface area contributed by atoms with Crippen molar-refractivity contribution in [1.82, 2.24) is 10.6 Å². The van der Waals surface area contributed by atoms with Gasteiger partial charge in [0.25, 0.3) is 0 Å². The van der Waals surface area contributed by atoms with E-state index in [0.717, 1.165) is 18.1 Å². The lowest BCUT2D eigenvalue weighted by molar-refractivity contribution is -0.120. The highest BCUT2D eigenvalue weighted by Crippen LogP contribution is 2.13. The minimum Gasteiger partial charge on any atom is -0.390 e. The summed E-state index contributed by atoms with van der Waals surface area (Å²) in [6.07, 6.45) is 0.176. The summed E-state index contributed by atoms with van der Waals surface area (Å²) in [5.41, 5.74) is 8.02. The summed E-state index contributed by atoms with van der Waals surface area (Å²) in [7, 11) is 0. The lowest BCUT2D eigenvalue weighted by atomic mass is 9.99. The third-order valence-corrected chi connectivity index (χ3v) is 4.82. The molecule has 0 fully saturated rings. The van der Waals surface area contributed by atoms with Crippen molar-refractivity contribution in [2.24, 2.45) is 5.73 Å². The number of primary amides is 1. The Balaban J connectivity index is 0.00000450. The summed E-state index contributed by atoms with van der Waals surface area (Å²) in [5, 5.41) is 16.8. The molecule has 2 aromatic rings. The zero-order chi connectivity index (χ0) is 21.4. The lowest BCUT2D eigenvalue weighted by Gasteiger charge is -2.27. The first-order chi connectivity index (χ1) is 13.8. The molecule has 0 radical (unpaired) electrons. The quantitative estimate of drug-likeness (QED) is 0.400. The average Bonchev–Trinajstić information content (AvgIpc) is 2.66. The van der Waals surface area contributed by atoms with Gasteiger partial charge in [0.05, 0.1) is 12.1 Å². The molecule has 0 heterocycles. The van der Waals surface area contributed by atoms with E-state index in [-0.39, 0.29) is 37.8 Å². The molecule has 5 nitrogen and oxygen atoms in total.